The quantitative estimate of drug-likeness (QED) is 0.651. The van der Waals surface area contributed by atoms with Gasteiger partial charge in [0.1, 0.15) is 5.82 Å². The Balaban J connectivity index is 1.56. The second-order valence-corrected chi connectivity index (χ2v) is 8.58. The molecule has 3 atom stereocenters. The van der Waals surface area contributed by atoms with Gasteiger partial charge in [-0.15, -0.1) is 11.8 Å². The number of carbonyl (C=O) groups is 1. The van der Waals surface area contributed by atoms with Crippen molar-refractivity contribution in [3.8, 4) is 0 Å². The number of nitrogens with one attached hydrogen (secondary N) is 2. The van der Waals surface area contributed by atoms with Crippen LogP contribution in [-0.2, 0) is 4.79 Å². The lowest BCUT2D eigenvalue weighted by molar-refractivity contribution is -0.119. The van der Waals surface area contributed by atoms with Gasteiger partial charge in [-0.1, -0.05) is 38.0 Å². The topological polar surface area (TPSA) is 106 Å². The smallest absolute Gasteiger partial charge is 0.232 e. The monoisotopic (exact) mass is 400 g/mol. The van der Waals surface area contributed by atoms with Crippen molar-refractivity contribution in [3.63, 3.8) is 0 Å². The normalized spacial score (nSPS) is 20.4. The third kappa shape index (κ3) is 5.82. The minimum atomic E-state index is -0.0730. The lowest BCUT2D eigenvalue weighted by Gasteiger charge is -2.29. The molecule has 28 heavy (non-hydrogen) atoms. The van der Waals surface area contributed by atoms with Crippen molar-refractivity contribution in [1.29, 1.82) is 0 Å². The number of hydrogen-bond acceptors (Lipinski definition) is 7. The molecule has 1 heterocycles. The standard InChI is InChI=1S/C20H28N6OS/c1-13-8-6-7-11-16(13)23-17(27)12-28-14(2)18-24-19(21)26-20(25-18)22-15-9-4-3-5-10-15/h3-5,9-10,13-14,16H,6-8,11-12H2,1-2H3,(H,23,27)(H3,21,22,24,25,26)/t13-,14-,16-/m0/s1. The second-order valence-electron chi connectivity index (χ2n) is 7.26. The maximum absolute atomic E-state index is 12.3. The molecule has 1 aliphatic rings. The van der Waals surface area contributed by atoms with E-state index in [1.54, 1.807) is 0 Å². The Kier molecular flexibility index (Phi) is 7.08. The summed E-state index contributed by atoms with van der Waals surface area (Å²) in [6.45, 7) is 4.19. The number of anilines is 3. The van der Waals surface area contributed by atoms with Crippen LogP contribution in [0.25, 0.3) is 0 Å². The number of nitrogens with two attached hydrogens (primary N) is 1. The molecule has 8 heteroatoms. The maximum atomic E-state index is 12.3. The molecule has 0 radical (unpaired) electrons. The summed E-state index contributed by atoms with van der Waals surface area (Å²) in [5.41, 5.74) is 6.73. The largest absolute Gasteiger partial charge is 0.368 e. The number of para-hydroxylation sites is 1. The van der Waals surface area contributed by atoms with Crippen molar-refractivity contribution in [2.24, 2.45) is 5.92 Å². The summed E-state index contributed by atoms with van der Waals surface area (Å²) in [5, 5.41) is 6.24. The zero-order valence-corrected chi connectivity index (χ0v) is 17.2. The van der Waals surface area contributed by atoms with Crippen molar-refractivity contribution in [2.75, 3.05) is 16.8 Å². The summed E-state index contributed by atoms with van der Waals surface area (Å²) in [6, 6.07) is 9.95. The Bertz CT molecular complexity index is 788. The predicted molar refractivity (Wildman–Crippen MR) is 114 cm³/mol. The van der Waals surface area contributed by atoms with Crippen molar-refractivity contribution in [3.05, 3.63) is 36.2 Å². The van der Waals surface area contributed by atoms with Crippen LogP contribution in [0.5, 0.6) is 0 Å². The predicted octanol–water partition coefficient (Wildman–Crippen LogP) is 3.69. The molecule has 0 saturated heterocycles. The first-order chi connectivity index (χ1) is 13.5. The Labute approximate surface area is 170 Å². The Hall–Kier alpha value is -2.35. The molecule has 1 aromatic carbocycles. The van der Waals surface area contributed by atoms with Crippen LogP contribution in [0.15, 0.2) is 30.3 Å². The number of rotatable bonds is 7. The fourth-order valence-corrected chi connectivity index (χ4v) is 4.09. The zero-order valence-electron chi connectivity index (χ0n) is 16.4. The highest BCUT2D eigenvalue weighted by Gasteiger charge is 2.23. The van der Waals surface area contributed by atoms with E-state index in [0.717, 1.165) is 12.1 Å². The molecule has 150 valence electrons. The fourth-order valence-electron chi connectivity index (χ4n) is 3.35. The Morgan fingerprint density at radius 3 is 2.71 bits per heavy atom. The number of thioether (sulfide) groups is 1. The van der Waals surface area contributed by atoms with Crippen LogP contribution < -0.4 is 16.4 Å². The van der Waals surface area contributed by atoms with Crippen molar-refractivity contribution in [1.82, 2.24) is 20.3 Å². The molecule has 3 rings (SSSR count). The van der Waals surface area contributed by atoms with E-state index in [2.05, 4.69) is 32.5 Å². The van der Waals surface area contributed by atoms with Crippen LogP contribution in [-0.4, -0.2) is 32.7 Å². The third-order valence-corrected chi connectivity index (χ3v) is 6.13. The maximum Gasteiger partial charge on any atom is 0.232 e. The van der Waals surface area contributed by atoms with E-state index in [1.807, 2.05) is 37.3 Å². The number of hydrogen-bond donors (Lipinski definition) is 3. The highest BCUT2D eigenvalue weighted by atomic mass is 32.2. The summed E-state index contributed by atoms with van der Waals surface area (Å²) in [7, 11) is 0. The average Bonchev–Trinajstić information content (AvgIpc) is 2.68. The summed E-state index contributed by atoms with van der Waals surface area (Å²) < 4.78 is 0. The first kappa shape index (κ1) is 20.4. The molecular formula is C20H28N6OS. The Morgan fingerprint density at radius 2 is 1.96 bits per heavy atom. The van der Waals surface area contributed by atoms with Crippen LogP contribution in [0.3, 0.4) is 0 Å². The van der Waals surface area contributed by atoms with Gasteiger partial charge in [0, 0.05) is 11.7 Å². The van der Waals surface area contributed by atoms with Gasteiger partial charge in [0.25, 0.3) is 0 Å². The van der Waals surface area contributed by atoms with Gasteiger partial charge in [-0.2, -0.15) is 15.0 Å². The molecule has 0 unspecified atom stereocenters. The second kappa shape index (κ2) is 9.73. The molecule has 1 saturated carbocycles. The van der Waals surface area contributed by atoms with Crippen LogP contribution in [0.1, 0.15) is 50.6 Å². The third-order valence-electron chi connectivity index (χ3n) is 4.99. The fraction of sp³-hybridized carbons (Fsp3) is 0.500. The minimum absolute atomic E-state index is 0.0697. The summed E-state index contributed by atoms with van der Waals surface area (Å²) in [4.78, 5) is 25.2. The molecule has 1 aromatic heterocycles. The number of nitrogens with zero attached hydrogens (tertiary/aromatic N) is 3. The zero-order chi connectivity index (χ0) is 19.9. The summed E-state index contributed by atoms with van der Waals surface area (Å²) >= 11 is 1.50. The first-order valence-corrected chi connectivity index (χ1v) is 10.8. The van der Waals surface area contributed by atoms with E-state index in [0.29, 0.717) is 29.5 Å². The number of benzene rings is 1. The molecule has 1 aliphatic carbocycles. The van der Waals surface area contributed by atoms with Crippen molar-refractivity contribution < 1.29 is 4.79 Å². The van der Waals surface area contributed by atoms with Gasteiger partial charge in [0.05, 0.1) is 11.0 Å². The number of aromatic nitrogens is 3. The van der Waals surface area contributed by atoms with Crippen LogP contribution in [0.4, 0.5) is 17.6 Å². The van der Waals surface area contributed by atoms with E-state index < -0.39 is 0 Å². The van der Waals surface area contributed by atoms with E-state index in [1.165, 1.54) is 31.0 Å². The van der Waals surface area contributed by atoms with Crippen molar-refractivity contribution in [2.45, 2.75) is 50.8 Å². The molecule has 2 aromatic rings. The summed E-state index contributed by atoms with van der Waals surface area (Å²) in [5.74, 6) is 2.13. The molecule has 0 spiro atoms. The molecule has 0 bridgehead atoms. The number of carbonyl (C=O) groups excluding carboxylic acids is 1. The SMILES string of the molecule is C[C@H](SCC(=O)N[C@H]1CCCC[C@@H]1C)c1nc(N)nc(Nc2ccccc2)n1. The minimum Gasteiger partial charge on any atom is -0.368 e. The van der Waals surface area contributed by atoms with Gasteiger partial charge < -0.3 is 16.4 Å². The lowest BCUT2D eigenvalue weighted by Crippen LogP contribution is -2.41. The van der Waals surface area contributed by atoms with E-state index in [9.17, 15) is 4.79 Å². The van der Waals surface area contributed by atoms with E-state index in [4.69, 9.17) is 5.73 Å². The number of nitrogen functional groups attached to an aromatic ring is 1. The van der Waals surface area contributed by atoms with Crippen LogP contribution in [0, 0.1) is 5.92 Å². The van der Waals surface area contributed by atoms with E-state index in [-0.39, 0.29) is 17.1 Å². The molecule has 4 N–H and O–H groups in total. The first-order valence-electron chi connectivity index (χ1n) is 9.75. The summed E-state index contributed by atoms with van der Waals surface area (Å²) in [6.07, 6.45) is 4.72. The highest BCUT2D eigenvalue weighted by Crippen LogP contribution is 2.28. The molecular weight excluding hydrogens is 372 g/mol. The lowest BCUT2D eigenvalue weighted by atomic mass is 9.86. The van der Waals surface area contributed by atoms with Crippen LogP contribution in [0.2, 0.25) is 0 Å². The molecule has 1 fully saturated rings. The average molecular weight is 401 g/mol. The van der Waals surface area contributed by atoms with Gasteiger partial charge in [0.15, 0.2) is 0 Å². The van der Waals surface area contributed by atoms with Crippen molar-refractivity contribution >= 4 is 35.3 Å². The van der Waals surface area contributed by atoms with Gasteiger partial charge in [-0.05, 0) is 37.8 Å². The Morgan fingerprint density at radius 1 is 1.21 bits per heavy atom. The van der Waals surface area contributed by atoms with Gasteiger partial charge in [-0.3, -0.25) is 4.79 Å². The van der Waals surface area contributed by atoms with Crippen LogP contribution >= 0.6 is 11.8 Å². The number of amides is 1. The molecule has 0 aliphatic heterocycles. The molecule has 7 nitrogen and oxygen atoms in total. The highest BCUT2D eigenvalue weighted by molar-refractivity contribution is 8.00. The van der Waals surface area contributed by atoms with Gasteiger partial charge in [-0.25, -0.2) is 0 Å². The van der Waals surface area contributed by atoms with E-state index >= 15 is 0 Å². The van der Waals surface area contributed by atoms with Gasteiger partial charge >= 0.3 is 0 Å². The molecule has 1 amide bonds. The van der Waals surface area contributed by atoms with Gasteiger partial charge in [0.2, 0.25) is 17.8 Å².